The van der Waals surface area contributed by atoms with Gasteiger partial charge in [-0.05, 0) is 36.1 Å². The van der Waals surface area contributed by atoms with Gasteiger partial charge in [0.2, 0.25) is 0 Å². The zero-order chi connectivity index (χ0) is 9.80. The van der Waals surface area contributed by atoms with Crippen LogP contribution in [0, 0.1) is 0 Å². The Morgan fingerprint density at radius 2 is 2.00 bits per heavy atom. The average Bonchev–Trinajstić information content (AvgIpc) is 2.23. The fourth-order valence-corrected chi connectivity index (χ4v) is 1.53. The SMILES string of the molecule is Oc1ccc(CC2=CCCN=C2)cc1. The first-order valence-corrected chi connectivity index (χ1v) is 4.81. The van der Waals surface area contributed by atoms with Crippen molar-refractivity contribution in [2.24, 2.45) is 4.99 Å². The van der Waals surface area contributed by atoms with Crippen LogP contribution in [0.5, 0.6) is 5.75 Å². The smallest absolute Gasteiger partial charge is 0.115 e. The molecule has 1 heterocycles. The van der Waals surface area contributed by atoms with E-state index in [0.717, 1.165) is 19.4 Å². The van der Waals surface area contributed by atoms with Crippen molar-refractivity contribution in [3.05, 3.63) is 41.5 Å². The minimum atomic E-state index is 0.319. The van der Waals surface area contributed by atoms with Crippen molar-refractivity contribution in [3.63, 3.8) is 0 Å². The summed E-state index contributed by atoms with van der Waals surface area (Å²) in [5.74, 6) is 0.319. The van der Waals surface area contributed by atoms with Gasteiger partial charge in [0.25, 0.3) is 0 Å². The maximum Gasteiger partial charge on any atom is 0.115 e. The predicted octanol–water partition coefficient (Wildman–Crippen LogP) is 2.34. The van der Waals surface area contributed by atoms with E-state index in [4.69, 9.17) is 5.11 Å². The predicted molar refractivity (Wildman–Crippen MR) is 57.9 cm³/mol. The van der Waals surface area contributed by atoms with Crippen molar-refractivity contribution in [1.82, 2.24) is 0 Å². The number of allylic oxidation sites excluding steroid dienone is 1. The monoisotopic (exact) mass is 187 g/mol. The molecule has 0 bridgehead atoms. The normalized spacial score (nSPS) is 15.3. The van der Waals surface area contributed by atoms with Crippen molar-refractivity contribution >= 4 is 6.21 Å². The number of hydrogen-bond donors (Lipinski definition) is 1. The summed E-state index contributed by atoms with van der Waals surface area (Å²) in [6, 6.07) is 7.32. The van der Waals surface area contributed by atoms with Crippen molar-refractivity contribution in [2.45, 2.75) is 12.8 Å². The lowest BCUT2D eigenvalue weighted by atomic mass is 10.0. The lowest BCUT2D eigenvalue weighted by Gasteiger charge is -2.06. The van der Waals surface area contributed by atoms with E-state index < -0.39 is 0 Å². The highest BCUT2D eigenvalue weighted by atomic mass is 16.3. The van der Waals surface area contributed by atoms with Crippen molar-refractivity contribution in [3.8, 4) is 5.75 Å². The van der Waals surface area contributed by atoms with Crippen LogP contribution in [0.25, 0.3) is 0 Å². The number of aliphatic imine (C=N–C) groups is 1. The maximum atomic E-state index is 9.12. The highest BCUT2D eigenvalue weighted by Crippen LogP contribution is 2.14. The van der Waals surface area contributed by atoms with Crippen molar-refractivity contribution < 1.29 is 5.11 Å². The third-order valence-electron chi connectivity index (χ3n) is 2.27. The summed E-state index contributed by atoms with van der Waals surface area (Å²) in [5, 5.41) is 9.12. The molecule has 0 unspecified atom stereocenters. The average molecular weight is 187 g/mol. The van der Waals surface area contributed by atoms with E-state index >= 15 is 0 Å². The molecule has 0 saturated carbocycles. The molecule has 2 heteroatoms. The van der Waals surface area contributed by atoms with E-state index in [0.29, 0.717) is 5.75 Å². The Morgan fingerprint density at radius 3 is 2.64 bits per heavy atom. The van der Waals surface area contributed by atoms with Gasteiger partial charge in [0.05, 0.1) is 0 Å². The summed E-state index contributed by atoms with van der Waals surface area (Å²) in [4.78, 5) is 4.23. The molecule has 0 fully saturated rings. The molecule has 0 saturated heterocycles. The van der Waals surface area contributed by atoms with Gasteiger partial charge in [-0.2, -0.15) is 0 Å². The van der Waals surface area contributed by atoms with Gasteiger partial charge in [0.1, 0.15) is 5.75 Å². The van der Waals surface area contributed by atoms with Gasteiger partial charge in [0.15, 0.2) is 0 Å². The third kappa shape index (κ3) is 2.22. The maximum absolute atomic E-state index is 9.12. The van der Waals surface area contributed by atoms with Crippen LogP contribution >= 0.6 is 0 Å². The summed E-state index contributed by atoms with van der Waals surface area (Å²) < 4.78 is 0. The zero-order valence-electron chi connectivity index (χ0n) is 7.98. The Labute approximate surface area is 83.6 Å². The Hall–Kier alpha value is -1.57. The summed E-state index contributed by atoms with van der Waals surface area (Å²) in [7, 11) is 0. The molecule has 14 heavy (non-hydrogen) atoms. The molecule has 0 amide bonds. The zero-order valence-corrected chi connectivity index (χ0v) is 7.98. The Balaban J connectivity index is 2.07. The number of nitrogens with zero attached hydrogens (tertiary/aromatic N) is 1. The second-order valence-corrected chi connectivity index (χ2v) is 3.45. The standard InChI is InChI=1S/C12H13NO/c14-12-5-3-10(4-6-12)8-11-2-1-7-13-9-11/h2-6,9,14H,1,7-8H2. The number of aromatic hydroxyl groups is 1. The molecular formula is C12H13NO. The fraction of sp³-hybridized carbons (Fsp3) is 0.250. The number of benzene rings is 1. The molecule has 1 N–H and O–H groups in total. The first kappa shape index (κ1) is 9.00. The summed E-state index contributed by atoms with van der Waals surface area (Å²) in [6.45, 7) is 0.916. The molecule has 0 aliphatic carbocycles. The number of hydrogen-bond acceptors (Lipinski definition) is 2. The van der Waals surface area contributed by atoms with Crippen molar-refractivity contribution in [2.75, 3.05) is 6.54 Å². The van der Waals surface area contributed by atoms with Gasteiger partial charge in [-0.1, -0.05) is 18.2 Å². The molecule has 72 valence electrons. The molecule has 2 nitrogen and oxygen atoms in total. The van der Waals surface area contributed by atoms with Crippen LogP contribution < -0.4 is 0 Å². The van der Waals surface area contributed by atoms with Gasteiger partial charge in [0, 0.05) is 12.8 Å². The van der Waals surface area contributed by atoms with Crippen molar-refractivity contribution in [1.29, 1.82) is 0 Å². The van der Waals surface area contributed by atoms with Crippen LogP contribution in [0.15, 0.2) is 40.9 Å². The van der Waals surface area contributed by atoms with Crippen LogP contribution in [-0.2, 0) is 6.42 Å². The molecule has 1 aromatic carbocycles. The summed E-state index contributed by atoms with van der Waals surface area (Å²) >= 11 is 0. The van der Waals surface area contributed by atoms with E-state index in [9.17, 15) is 0 Å². The van der Waals surface area contributed by atoms with E-state index in [2.05, 4.69) is 11.1 Å². The molecule has 0 atom stereocenters. The second kappa shape index (κ2) is 4.09. The minimum Gasteiger partial charge on any atom is -0.508 e. The number of phenolic OH excluding ortho intramolecular Hbond substituents is 1. The highest BCUT2D eigenvalue weighted by Gasteiger charge is 2.00. The van der Waals surface area contributed by atoms with E-state index in [1.165, 1.54) is 11.1 Å². The molecule has 1 aliphatic rings. The Bertz CT molecular complexity index is 362. The lowest BCUT2D eigenvalue weighted by molar-refractivity contribution is 0.475. The third-order valence-corrected chi connectivity index (χ3v) is 2.27. The fourth-order valence-electron chi connectivity index (χ4n) is 1.53. The lowest BCUT2D eigenvalue weighted by Crippen LogP contribution is -1.97. The molecule has 0 spiro atoms. The summed E-state index contributed by atoms with van der Waals surface area (Å²) in [6.07, 6.45) is 6.11. The molecule has 0 radical (unpaired) electrons. The van der Waals surface area contributed by atoms with Gasteiger partial charge in [-0.3, -0.25) is 4.99 Å². The van der Waals surface area contributed by atoms with Crippen LogP contribution in [-0.4, -0.2) is 17.9 Å². The molecular weight excluding hydrogens is 174 g/mol. The highest BCUT2D eigenvalue weighted by molar-refractivity contribution is 5.79. The molecule has 0 aromatic heterocycles. The van der Waals surface area contributed by atoms with Gasteiger partial charge >= 0.3 is 0 Å². The van der Waals surface area contributed by atoms with Crippen LogP contribution in [0.2, 0.25) is 0 Å². The minimum absolute atomic E-state index is 0.319. The van der Waals surface area contributed by atoms with E-state index in [1.807, 2.05) is 18.3 Å². The first-order chi connectivity index (χ1) is 6.84. The quantitative estimate of drug-likeness (QED) is 0.757. The second-order valence-electron chi connectivity index (χ2n) is 3.45. The largest absolute Gasteiger partial charge is 0.508 e. The van der Waals surface area contributed by atoms with Crippen LogP contribution in [0.1, 0.15) is 12.0 Å². The number of dihydropyridines is 1. The van der Waals surface area contributed by atoms with E-state index in [1.54, 1.807) is 12.1 Å². The van der Waals surface area contributed by atoms with Crippen LogP contribution in [0.3, 0.4) is 0 Å². The number of rotatable bonds is 2. The molecule has 1 aliphatic heterocycles. The van der Waals surface area contributed by atoms with Gasteiger partial charge in [-0.15, -0.1) is 0 Å². The van der Waals surface area contributed by atoms with Gasteiger partial charge < -0.3 is 5.11 Å². The Kier molecular flexibility index (Phi) is 2.63. The summed E-state index contributed by atoms with van der Waals surface area (Å²) in [5.41, 5.74) is 2.48. The Morgan fingerprint density at radius 1 is 1.21 bits per heavy atom. The topological polar surface area (TPSA) is 32.6 Å². The van der Waals surface area contributed by atoms with E-state index in [-0.39, 0.29) is 0 Å². The first-order valence-electron chi connectivity index (χ1n) is 4.81. The molecule has 1 aromatic rings. The van der Waals surface area contributed by atoms with Gasteiger partial charge in [-0.25, -0.2) is 0 Å². The van der Waals surface area contributed by atoms with Crippen LogP contribution in [0.4, 0.5) is 0 Å². The number of phenols is 1. The molecule has 2 rings (SSSR count).